The highest BCUT2D eigenvalue weighted by Crippen LogP contribution is 2.30. The average Bonchev–Trinajstić information content (AvgIpc) is 2.74. The Morgan fingerprint density at radius 2 is 2.18 bits per heavy atom. The monoisotopic (exact) mass is 334 g/mol. The van der Waals surface area contributed by atoms with Gasteiger partial charge in [-0.05, 0) is 40.2 Å². The summed E-state index contributed by atoms with van der Waals surface area (Å²) >= 11 is 7.21. The van der Waals surface area contributed by atoms with E-state index in [1.807, 2.05) is 11.8 Å². The second-order valence-electron chi connectivity index (χ2n) is 4.64. The minimum Gasteiger partial charge on any atom is -0.392 e. The number of halogens is 1. The van der Waals surface area contributed by atoms with Crippen molar-refractivity contribution in [3.05, 3.63) is 20.8 Å². The molecule has 1 heterocycles. The summed E-state index contributed by atoms with van der Waals surface area (Å²) in [6, 6.07) is 2.06. The average molecular weight is 335 g/mol. The lowest BCUT2D eigenvalue weighted by Gasteiger charge is -2.22. The summed E-state index contributed by atoms with van der Waals surface area (Å²) in [5.74, 6) is 0.884. The first kappa shape index (κ1) is 13.9. The van der Waals surface area contributed by atoms with Gasteiger partial charge in [0.2, 0.25) is 0 Å². The molecule has 1 unspecified atom stereocenters. The Bertz CT molecular complexity index is 334. The molecule has 0 saturated heterocycles. The first-order chi connectivity index (χ1) is 8.25. The minimum absolute atomic E-state index is 0.197. The smallest absolute Gasteiger partial charge is 0.0679 e. The lowest BCUT2D eigenvalue weighted by molar-refractivity contribution is 0.200. The normalized spacial score (nSPS) is 19.4. The van der Waals surface area contributed by atoms with Crippen LogP contribution in [0.25, 0.3) is 0 Å². The van der Waals surface area contributed by atoms with Crippen LogP contribution in [-0.4, -0.2) is 22.2 Å². The van der Waals surface area contributed by atoms with Crippen molar-refractivity contribution in [2.45, 2.75) is 49.9 Å². The van der Waals surface area contributed by atoms with E-state index in [-0.39, 0.29) is 6.10 Å². The fourth-order valence-corrected chi connectivity index (χ4v) is 5.09. The van der Waals surface area contributed by atoms with Crippen molar-refractivity contribution in [2.24, 2.45) is 0 Å². The summed E-state index contributed by atoms with van der Waals surface area (Å²) < 4.78 is 1.14. The van der Waals surface area contributed by atoms with Gasteiger partial charge in [0.15, 0.2) is 0 Å². The number of thiophene rings is 1. The molecule has 17 heavy (non-hydrogen) atoms. The van der Waals surface area contributed by atoms with Crippen molar-refractivity contribution in [3.8, 4) is 0 Å². The van der Waals surface area contributed by atoms with Crippen LogP contribution in [0.15, 0.2) is 15.9 Å². The third kappa shape index (κ3) is 4.58. The zero-order valence-electron chi connectivity index (χ0n) is 9.90. The highest BCUT2D eigenvalue weighted by molar-refractivity contribution is 9.10. The van der Waals surface area contributed by atoms with E-state index in [2.05, 4.69) is 27.4 Å². The van der Waals surface area contributed by atoms with Crippen LogP contribution in [0, 0.1) is 0 Å². The zero-order chi connectivity index (χ0) is 12.1. The maximum Gasteiger partial charge on any atom is 0.0679 e. The Morgan fingerprint density at radius 3 is 2.82 bits per heavy atom. The van der Waals surface area contributed by atoms with Gasteiger partial charge in [-0.2, -0.15) is 11.8 Å². The maximum absolute atomic E-state index is 10.0. The molecule has 1 aromatic heterocycles. The summed E-state index contributed by atoms with van der Waals surface area (Å²) in [7, 11) is 0. The van der Waals surface area contributed by atoms with Crippen molar-refractivity contribution >= 4 is 39.0 Å². The molecule has 0 spiro atoms. The lowest BCUT2D eigenvalue weighted by Crippen LogP contribution is -2.17. The Hall–Kier alpha value is 0.490. The van der Waals surface area contributed by atoms with E-state index in [4.69, 9.17) is 0 Å². The Labute approximate surface area is 120 Å². The molecule has 1 N–H and O–H groups in total. The minimum atomic E-state index is -0.197. The summed E-state index contributed by atoms with van der Waals surface area (Å²) in [5.41, 5.74) is 0. The van der Waals surface area contributed by atoms with Gasteiger partial charge in [-0.1, -0.05) is 19.3 Å². The van der Waals surface area contributed by atoms with Crippen molar-refractivity contribution < 1.29 is 5.11 Å². The molecule has 2 rings (SSSR count). The molecular weight excluding hydrogens is 316 g/mol. The number of aliphatic hydroxyl groups is 1. The number of hydrogen-bond donors (Lipinski definition) is 1. The van der Waals surface area contributed by atoms with Gasteiger partial charge in [0.1, 0.15) is 0 Å². The second-order valence-corrected chi connectivity index (χ2v) is 7.83. The van der Waals surface area contributed by atoms with Gasteiger partial charge < -0.3 is 5.11 Å². The largest absolute Gasteiger partial charge is 0.392 e. The summed E-state index contributed by atoms with van der Waals surface area (Å²) in [6.45, 7) is 0. The molecule has 1 aliphatic carbocycles. The van der Waals surface area contributed by atoms with E-state index in [0.29, 0.717) is 0 Å². The summed E-state index contributed by atoms with van der Waals surface area (Å²) in [5, 5.41) is 12.9. The van der Waals surface area contributed by atoms with Gasteiger partial charge >= 0.3 is 0 Å². The van der Waals surface area contributed by atoms with E-state index in [1.165, 1.54) is 37.0 Å². The fourth-order valence-electron chi connectivity index (χ4n) is 2.22. The highest BCUT2D eigenvalue weighted by atomic mass is 79.9. The molecule has 0 radical (unpaired) electrons. The van der Waals surface area contributed by atoms with E-state index in [0.717, 1.165) is 21.9 Å². The Kier molecular flexibility index (Phi) is 5.87. The van der Waals surface area contributed by atoms with Crippen LogP contribution in [0.4, 0.5) is 0 Å². The number of hydrogen-bond acceptors (Lipinski definition) is 3. The van der Waals surface area contributed by atoms with Crippen LogP contribution in [0.5, 0.6) is 0 Å². The third-order valence-electron chi connectivity index (χ3n) is 3.19. The molecule has 1 aliphatic rings. The molecule has 0 amide bonds. The van der Waals surface area contributed by atoms with E-state index in [1.54, 1.807) is 11.3 Å². The molecule has 1 atom stereocenters. The number of thioether (sulfide) groups is 1. The van der Waals surface area contributed by atoms with E-state index >= 15 is 0 Å². The van der Waals surface area contributed by atoms with Gasteiger partial charge in [-0.3, -0.25) is 0 Å². The molecule has 1 saturated carbocycles. The molecule has 0 bridgehead atoms. The van der Waals surface area contributed by atoms with Crippen molar-refractivity contribution in [2.75, 3.05) is 5.75 Å². The molecule has 96 valence electrons. The predicted molar refractivity (Wildman–Crippen MR) is 81.1 cm³/mol. The van der Waals surface area contributed by atoms with E-state index in [9.17, 15) is 5.11 Å². The van der Waals surface area contributed by atoms with Gasteiger partial charge in [0.05, 0.1) is 6.10 Å². The molecule has 1 aromatic rings. The number of aliphatic hydroxyl groups excluding tert-OH is 1. The fraction of sp³-hybridized carbons (Fsp3) is 0.692. The third-order valence-corrected chi connectivity index (χ3v) is 6.66. The van der Waals surface area contributed by atoms with E-state index < -0.39 is 0 Å². The SMILES string of the molecule is OC(CSC1CCCCC1)Cc1sccc1Br. The Morgan fingerprint density at radius 1 is 1.41 bits per heavy atom. The molecule has 4 heteroatoms. The van der Waals surface area contributed by atoms with Crippen LogP contribution in [0.1, 0.15) is 37.0 Å². The maximum atomic E-state index is 10.0. The van der Waals surface area contributed by atoms with Crippen LogP contribution < -0.4 is 0 Å². The standard InChI is InChI=1S/C13H19BrOS2/c14-12-6-7-16-13(12)8-10(15)9-17-11-4-2-1-3-5-11/h6-7,10-11,15H,1-5,8-9H2. The molecule has 0 aliphatic heterocycles. The van der Waals surface area contributed by atoms with Crippen LogP contribution in [0.3, 0.4) is 0 Å². The number of rotatable bonds is 5. The Balaban J connectivity index is 1.70. The predicted octanol–water partition coefficient (Wildman–Crippen LogP) is 4.48. The van der Waals surface area contributed by atoms with Crippen LogP contribution in [0.2, 0.25) is 0 Å². The van der Waals surface area contributed by atoms with Crippen molar-refractivity contribution in [1.29, 1.82) is 0 Å². The summed E-state index contributed by atoms with van der Waals surface area (Å²) in [6.07, 6.45) is 7.45. The molecular formula is C13H19BrOS2. The van der Waals surface area contributed by atoms with Gasteiger partial charge in [-0.25, -0.2) is 0 Å². The molecule has 0 aromatic carbocycles. The topological polar surface area (TPSA) is 20.2 Å². The van der Waals surface area contributed by atoms with Crippen LogP contribution in [-0.2, 0) is 6.42 Å². The quantitative estimate of drug-likeness (QED) is 0.856. The van der Waals surface area contributed by atoms with Crippen LogP contribution >= 0.6 is 39.0 Å². The summed E-state index contributed by atoms with van der Waals surface area (Å²) in [4.78, 5) is 1.27. The lowest BCUT2D eigenvalue weighted by atomic mass is 10.0. The van der Waals surface area contributed by atoms with Gasteiger partial charge in [-0.15, -0.1) is 11.3 Å². The van der Waals surface area contributed by atoms with Gasteiger partial charge in [0.25, 0.3) is 0 Å². The highest BCUT2D eigenvalue weighted by Gasteiger charge is 2.16. The second kappa shape index (κ2) is 7.17. The van der Waals surface area contributed by atoms with Crippen molar-refractivity contribution in [3.63, 3.8) is 0 Å². The molecule has 1 nitrogen and oxygen atoms in total. The first-order valence-corrected chi connectivity index (χ1v) is 8.99. The van der Waals surface area contributed by atoms with Crippen molar-refractivity contribution in [1.82, 2.24) is 0 Å². The van der Waals surface area contributed by atoms with Gasteiger partial charge in [0, 0.05) is 26.8 Å². The molecule has 1 fully saturated rings. The zero-order valence-corrected chi connectivity index (χ0v) is 13.1. The first-order valence-electron chi connectivity index (χ1n) is 6.27.